The molecule has 7 heteroatoms. The summed E-state index contributed by atoms with van der Waals surface area (Å²) < 4.78 is 4.55. The van der Waals surface area contributed by atoms with Crippen molar-refractivity contribution in [1.82, 2.24) is 5.32 Å². The number of carbonyl (C=O) groups is 1. The molecule has 0 spiro atoms. The zero-order chi connectivity index (χ0) is 17.5. The molecule has 1 heterocycles. The highest BCUT2D eigenvalue weighted by Gasteiger charge is 2.16. The first-order valence-corrected chi connectivity index (χ1v) is 7.57. The van der Waals surface area contributed by atoms with Crippen LogP contribution in [0.15, 0.2) is 18.2 Å². The van der Waals surface area contributed by atoms with E-state index in [9.17, 15) is 14.9 Å². The molecule has 1 aliphatic rings. The second kappa shape index (κ2) is 8.47. The van der Waals surface area contributed by atoms with Gasteiger partial charge in [-0.1, -0.05) is 6.07 Å². The molecule has 0 saturated carbocycles. The first kappa shape index (κ1) is 18.9. The monoisotopic (exact) mass is 323 g/mol. The van der Waals surface area contributed by atoms with Gasteiger partial charge >= 0.3 is 0 Å². The lowest BCUT2D eigenvalue weighted by Gasteiger charge is -2.30. The zero-order valence-corrected chi connectivity index (χ0v) is 14.2. The predicted octanol–water partition coefficient (Wildman–Crippen LogP) is 2.27. The average Bonchev–Trinajstić information content (AvgIpc) is 2.48. The number of aryl methyl sites for hydroxylation is 1. The van der Waals surface area contributed by atoms with Crippen molar-refractivity contribution in [3.63, 3.8) is 0 Å². The molecule has 0 bridgehead atoms. The second-order valence-electron chi connectivity index (χ2n) is 6.29. The van der Waals surface area contributed by atoms with Gasteiger partial charge in [0.15, 0.2) is 0 Å². The van der Waals surface area contributed by atoms with Crippen LogP contribution in [0.1, 0.15) is 26.3 Å². The van der Waals surface area contributed by atoms with E-state index in [-0.39, 0.29) is 16.2 Å². The van der Waals surface area contributed by atoms with Crippen molar-refractivity contribution in [2.45, 2.75) is 33.3 Å². The Morgan fingerprint density at radius 2 is 1.91 bits per heavy atom. The molecule has 23 heavy (non-hydrogen) atoms. The molecule has 1 aliphatic heterocycles. The number of nitrogens with one attached hydrogen (secondary N) is 1. The third-order valence-corrected chi connectivity index (χ3v) is 3.26. The molecule has 128 valence electrons. The molecule has 0 radical (unpaired) electrons. The molecular formula is C16H25N3O4. The number of benzene rings is 1. The van der Waals surface area contributed by atoms with Crippen LogP contribution in [0.2, 0.25) is 0 Å². The van der Waals surface area contributed by atoms with Crippen molar-refractivity contribution in [1.29, 1.82) is 0 Å². The summed E-state index contributed by atoms with van der Waals surface area (Å²) in [6.07, 6.45) is 0. The molecule has 1 fully saturated rings. The van der Waals surface area contributed by atoms with Gasteiger partial charge in [-0.3, -0.25) is 14.9 Å². The quantitative estimate of drug-likeness (QED) is 0.522. The summed E-state index contributed by atoms with van der Waals surface area (Å²) in [5, 5.41) is 14.0. The van der Waals surface area contributed by atoms with Gasteiger partial charge in [-0.15, -0.1) is 0 Å². The molecule has 1 N–H and O–H groups in total. The third-order valence-electron chi connectivity index (χ3n) is 3.26. The van der Waals surface area contributed by atoms with Crippen LogP contribution in [0.4, 0.5) is 11.4 Å². The van der Waals surface area contributed by atoms with Crippen LogP contribution in [0.5, 0.6) is 0 Å². The Kier molecular flexibility index (Phi) is 6.96. The maximum Gasteiger partial charge on any atom is 0.293 e. The normalized spacial score (nSPS) is 14.5. The Bertz CT molecular complexity index is 535. The van der Waals surface area contributed by atoms with Crippen LogP contribution >= 0.6 is 0 Å². The van der Waals surface area contributed by atoms with Gasteiger partial charge in [0.05, 0.1) is 4.92 Å². The standard InChI is InChI=1S/C11H15N3O2.C5H10O2/c1-9-2-3-10(14(15)16)8-11(9)13-6-4-12-5-7-13;1-5(2,3)7-4-6/h2-3,8,12H,4-7H2,1H3;4H,1-3H3. The maximum atomic E-state index is 10.7. The van der Waals surface area contributed by atoms with Crippen LogP contribution < -0.4 is 10.2 Å². The van der Waals surface area contributed by atoms with Crippen LogP contribution in [0.25, 0.3) is 0 Å². The summed E-state index contributed by atoms with van der Waals surface area (Å²) in [5.41, 5.74) is 1.92. The number of carbonyl (C=O) groups excluding carboxylic acids is 1. The van der Waals surface area contributed by atoms with Crippen LogP contribution in [0.3, 0.4) is 0 Å². The maximum absolute atomic E-state index is 10.7. The summed E-state index contributed by atoms with van der Waals surface area (Å²) in [6.45, 7) is 11.6. The second-order valence-corrected chi connectivity index (χ2v) is 6.29. The smallest absolute Gasteiger partial charge is 0.293 e. The molecule has 1 aromatic carbocycles. The number of anilines is 1. The number of non-ortho nitro benzene ring substituents is 1. The van der Waals surface area contributed by atoms with Crippen LogP contribution in [-0.4, -0.2) is 43.2 Å². The van der Waals surface area contributed by atoms with E-state index >= 15 is 0 Å². The van der Waals surface area contributed by atoms with E-state index in [1.807, 2.05) is 33.8 Å². The number of piperazine rings is 1. The van der Waals surface area contributed by atoms with Gasteiger partial charge in [0.25, 0.3) is 12.2 Å². The highest BCUT2D eigenvalue weighted by molar-refractivity contribution is 5.59. The van der Waals surface area contributed by atoms with Crippen LogP contribution in [-0.2, 0) is 9.53 Å². The van der Waals surface area contributed by atoms with E-state index in [4.69, 9.17) is 0 Å². The van der Waals surface area contributed by atoms with E-state index in [1.165, 1.54) is 0 Å². The summed E-state index contributed by atoms with van der Waals surface area (Å²) in [6, 6.07) is 5.04. The van der Waals surface area contributed by atoms with Gasteiger partial charge in [0.1, 0.15) is 5.60 Å². The lowest BCUT2D eigenvalue weighted by atomic mass is 10.1. The Balaban J connectivity index is 0.000000322. The van der Waals surface area contributed by atoms with Crippen molar-refractivity contribution < 1.29 is 14.5 Å². The zero-order valence-electron chi connectivity index (χ0n) is 14.2. The average molecular weight is 323 g/mol. The Morgan fingerprint density at radius 1 is 1.30 bits per heavy atom. The fourth-order valence-corrected chi connectivity index (χ4v) is 2.10. The fraction of sp³-hybridized carbons (Fsp3) is 0.562. The van der Waals surface area contributed by atoms with Crippen LogP contribution in [0, 0.1) is 17.0 Å². The summed E-state index contributed by atoms with van der Waals surface area (Å²) in [5.74, 6) is 0. The largest absolute Gasteiger partial charge is 0.462 e. The minimum absolute atomic E-state index is 0.166. The highest BCUT2D eigenvalue weighted by atomic mass is 16.6. The number of nitro groups is 1. The van der Waals surface area contributed by atoms with Crippen molar-refractivity contribution in [3.05, 3.63) is 33.9 Å². The van der Waals surface area contributed by atoms with Crippen molar-refractivity contribution in [3.8, 4) is 0 Å². The van der Waals surface area contributed by atoms with Gasteiger partial charge in [0, 0.05) is 44.0 Å². The number of rotatable bonds is 3. The van der Waals surface area contributed by atoms with Gasteiger partial charge < -0.3 is 15.0 Å². The van der Waals surface area contributed by atoms with E-state index in [0.717, 1.165) is 37.4 Å². The molecule has 0 atom stereocenters. The number of hydrogen-bond acceptors (Lipinski definition) is 6. The number of ether oxygens (including phenoxy) is 1. The molecule has 0 unspecified atom stereocenters. The van der Waals surface area contributed by atoms with Gasteiger partial charge in [-0.05, 0) is 33.3 Å². The van der Waals surface area contributed by atoms with Gasteiger partial charge in [-0.2, -0.15) is 0 Å². The molecule has 1 aromatic rings. The minimum atomic E-state index is -0.342. The first-order chi connectivity index (χ1) is 10.7. The first-order valence-electron chi connectivity index (χ1n) is 7.57. The molecule has 0 amide bonds. The van der Waals surface area contributed by atoms with E-state index in [2.05, 4.69) is 15.0 Å². The highest BCUT2D eigenvalue weighted by Crippen LogP contribution is 2.25. The van der Waals surface area contributed by atoms with E-state index in [1.54, 1.807) is 12.1 Å². The topological polar surface area (TPSA) is 84.7 Å². The predicted molar refractivity (Wildman–Crippen MR) is 89.8 cm³/mol. The molecular weight excluding hydrogens is 298 g/mol. The Hall–Kier alpha value is -2.15. The SMILES string of the molecule is CC(C)(C)OC=O.Cc1ccc([N+](=O)[O-])cc1N1CCNCC1. The lowest BCUT2D eigenvalue weighted by molar-refractivity contribution is -0.384. The van der Waals surface area contributed by atoms with Crippen molar-refractivity contribution in [2.75, 3.05) is 31.1 Å². The van der Waals surface area contributed by atoms with E-state index in [0.29, 0.717) is 6.47 Å². The van der Waals surface area contributed by atoms with Crippen molar-refractivity contribution >= 4 is 17.8 Å². The Morgan fingerprint density at radius 3 is 2.35 bits per heavy atom. The van der Waals surface area contributed by atoms with Crippen molar-refractivity contribution in [2.24, 2.45) is 0 Å². The van der Waals surface area contributed by atoms with Gasteiger partial charge in [0.2, 0.25) is 0 Å². The molecule has 2 rings (SSSR count). The summed E-state index contributed by atoms with van der Waals surface area (Å²) >= 11 is 0. The molecule has 7 nitrogen and oxygen atoms in total. The van der Waals surface area contributed by atoms with Gasteiger partial charge in [-0.25, -0.2) is 0 Å². The number of hydrogen-bond donors (Lipinski definition) is 1. The minimum Gasteiger partial charge on any atom is -0.462 e. The number of nitro benzene ring substituents is 1. The summed E-state index contributed by atoms with van der Waals surface area (Å²) in [7, 11) is 0. The Labute approximate surface area is 136 Å². The van der Waals surface area contributed by atoms with E-state index < -0.39 is 0 Å². The molecule has 0 aliphatic carbocycles. The molecule has 0 aromatic heterocycles. The number of nitrogens with zero attached hydrogens (tertiary/aromatic N) is 2. The molecule has 1 saturated heterocycles. The lowest BCUT2D eigenvalue weighted by Crippen LogP contribution is -2.43. The third kappa shape index (κ3) is 6.65. The summed E-state index contributed by atoms with van der Waals surface area (Å²) in [4.78, 5) is 22.2. The fourth-order valence-electron chi connectivity index (χ4n) is 2.10.